The molecule has 0 aliphatic rings. The predicted octanol–water partition coefficient (Wildman–Crippen LogP) is 0.676. The number of ether oxygens (including phenoxy) is 1. The van der Waals surface area contributed by atoms with Crippen LogP contribution < -0.4 is 10.5 Å². The van der Waals surface area contributed by atoms with Crippen molar-refractivity contribution in [1.82, 2.24) is 4.90 Å². The summed E-state index contributed by atoms with van der Waals surface area (Å²) in [6.45, 7) is 1.65. The fraction of sp³-hybridized carbons (Fsp3) is 0.462. The quantitative estimate of drug-likeness (QED) is 0.711. The van der Waals surface area contributed by atoms with Gasteiger partial charge in [-0.1, -0.05) is 12.2 Å². The maximum absolute atomic E-state index is 11.0. The molecule has 1 rings (SSSR count). The minimum Gasteiger partial charge on any atom is -0.492 e. The predicted molar refractivity (Wildman–Crippen MR) is 85.0 cm³/mol. The van der Waals surface area contributed by atoms with Gasteiger partial charge in [0.25, 0.3) is 0 Å². The fourth-order valence-electron chi connectivity index (χ4n) is 1.47. The van der Waals surface area contributed by atoms with E-state index in [4.69, 9.17) is 22.7 Å². The van der Waals surface area contributed by atoms with Crippen LogP contribution in [0.5, 0.6) is 5.75 Å². The number of rotatable bonds is 8. The van der Waals surface area contributed by atoms with Gasteiger partial charge in [-0.05, 0) is 31.3 Å². The van der Waals surface area contributed by atoms with Gasteiger partial charge < -0.3 is 15.4 Å². The van der Waals surface area contributed by atoms with Crippen LogP contribution in [-0.4, -0.2) is 57.1 Å². The van der Waals surface area contributed by atoms with Crippen molar-refractivity contribution in [3.63, 3.8) is 0 Å². The second kappa shape index (κ2) is 7.56. The molecule has 0 amide bonds. The second-order valence-electron chi connectivity index (χ2n) is 4.67. The summed E-state index contributed by atoms with van der Waals surface area (Å²) in [4.78, 5) is 2.28. The number of hydrogen-bond donors (Lipinski definition) is 1. The van der Waals surface area contributed by atoms with Gasteiger partial charge in [-0.15, -0.1) is 0 Å². The Kier molecular flexibility index (Phi) is 6.38. The molecule has 7 heteroatoms. The molecule has 2 N–H and O–H groups in total. The Balaban J connectivity index is 2.31. The molecule has 0 saturated carbocycles. The molecule has 0 unspecified atom stereocenters. The summed E-state index contributed by atoms with van der Waals surface area (Å²) in [5.74, 6) is 0.896. The highest BCUT2D eigenvalue weighted by Crippen LogP contribution is 2.11. The van der Waals surface area contributed by atoms with Crippen LogP contribution in [-0.2, 0) is 9.84 Å². The van der Waals surface area contributed by atoms with Gasteiger partial charge in [-0.25, -0.2) is 8.42 Å². The molecule has 112 valence electrons. The number of nitrogens with zero attached hydrogens (tertiary/aromatic N) is 1. The summed E-state index contributed by atoms with van der Waals surface area (Å²) in [7, 11) is -1.05. The zero-order chi connectivity index (χ0) is 15.2. The van der Waals surface area contributed by atoms with E-state index in [0.717, 1.165) is 11.3 Å². The van der Waals surface area contributed by atoms with Gasteiger partial charge >= 0.3 is 0 Å². The molecule has 0 atom stereocenters. The number of sulfone groups is 1. The van der Waals surface area contributed by atoms with E-state index in [-0.39, 0.29) is 5.75 Å². The Labute approximate surface area is 125 Å². The first kappa shape index (κ1) is 16.9. The average molecular weight is 316 g/mol. The number of thiocarbonyl (C=S) groups is 1. The maximum atomic E-state index is 11.0. The van der Waals surface area contributed by atoms with E-state index < -0.39 is 9.84 Å². The van der Waals surface area contributed by atoms with Gasteiger partial charge in [0.1, 0.15) is 27.2 Å². The van der Waals surface area contributed by atoms with Gasteiger partial charge in [-0.2, -0.15) is 0 Å². The van der Waals surface area contributed by atoms with Gasteiger partial charge in [0.05, 0.1) is 5.75 Å². The van der Waals surface area contributed by atoms with Crippen molar-refractivity contribution < 1.29 is 13.2 Å². The summed E-state index contributed by atoms with van der Waals surface area (Å²) >= 11 is 4.87. The summed E-state index contributed by atoms with van der Waals surface area (Å²) < 4.78 is 27.6. The molecule has 0 saturated heterocycles. The zero-order valence-corrected chi connectivity index (χ0v) is 13.3. The average Bonchev–Trinajstić information content (AvgIpc) is 2.36. The molecular formula is C13H20N2O3S2. The van der Waals surface area contributed by atoms with Crippen LogP contribution in [0.2, 0.25) is 0 Å². The van der Waals surface area contributed by atoms with E-state index in [0.29, 0.717) is 24.7 Å². The zero-order valence-electron chi connectivity index (χ0n) is 11.7. The van der Waals surface area contributed by atoms with Crippen LogP contribution >= 0.6 is 12.2 Å². The van der Waals surface area contributed by atoms with Crippen LogP contribution in [0.25, 0.3) is 0 Å². The SMILES string of the molecule is CN(CCOc1ccc(C(N)=S)cc1)CCS(C)(=O)=O. The lowest BCUT2D eigenvalue weighted by Crippen LogP contribution is -2.29. The van der Waals surface area contributed by atoms with Crippen molar-refractivity contribution >= 4 is 27.0 Å². The number of benzene rings is 1. The standard InChI is InChI=1S/C13H20N2O3S2/c1-15(8-10-20(2,16)17)7-9-18-12-5-3-11(4-6-12)13(14)19/h3-6H,7-10H2,1-2H3,(H2,14,19). The molecule has 0 fully saturated rings. The highest BCUT2D eigenvalue weighted by atomic mass is 32.2. The lowest BCUT2D eigenvalue weighted by Gasteiger charge is -2.16. The molecule has 0 aliphatic heterocycles. The first-order valence-corrected chi connectivity index (χ1v) is 8.64. The number of hydrogen-bond acceptors (Lipinski definition) is 5. The topological polar surface area (TPSA) is 72.6 Å². The van der Waals surface area contributed by atoms with Gasteiger partial charge in [-0.3, -0.25) is 0 Å². The van der Waals surface area contributed by atoms with Gasteiger partial charge in [0, 0.05) is 24.9 Å². The molecule has 0 spiro atoms. The van der Waals surface area contributed by atoms with Gasteiger partial charge in [0.15, 0.2) is 0 Å². The highest BCUT2D eigenvalue weighted by molar-refractivity contribution is 7.90. The minimum atomic E-state index is -2.92. The molecule has 0 bridgehead atoms. The molecule has 20 heavy (non-hydrogen) atoms. The van der Waals surface area contributed by atoms with Crippen molar-refractivity contribution in [2.45, 2.75) is 0 Å². The Hall–Kier alpha value is -1.18. The van der Waals surface area contributed by atoms with Crippen LogP contribution in [0.3, 0.4) is 0 Å². The third-order valence-electron chi connectivity index (χ3n) is 2.72. The largest absolute Gasteiger partial charge is 0.492 e. The third kappa shape index (κ3) is 6.83. The normalized spacial score (nSPS) is 11.6. The van der Waals surface area contributed by atoms with E-state index in [1.165, 1.54) is 6.26 Å². The molecule has 0 aromatic heterocycles. The molecule has 5 nitrogen and oxygen atoms in total. The van der Waals surface area contributed by atoms with Crippen molar-refractivity contribution in [3.05, 3.63) is 29.8 Å². The maximum Gasteiger partial charge on any atom is 0.148 e. The lowest BCUT2D eigenvalue weighted by atomic mass is 10.2. The van der Waals surface area contributed by atoms with Crippen LogP contribution in [0.4, 0.5) is 0 Å². The molecule has 1 aromatic carbocycles. The molecule has 0 aliphatic carbocycles. The Morgan fingerprint density at radius 1 is 1.30 bits per heavy atom. The van der Waals surface area contributed by atoms with E-state index in [1.54, 1.807) is 0 Å². The number of nitrogens with two attached hydrogens (primary N) is 1. The van der Waals surface area contributed by atoms with Crippen LogP contribution in [0.1, 0.15) is 5.56 Å². The highest BCUT2D eigenvalue weighted by Gasteiger charge is 2.05. The summed E-state index contributed by atoms with van der Waals surface area (Å²) in [5, 5.41) is 0. The summed E-state index contributed by atoms with van der Waals surface area (Å²) in [6.07, 6.45) is 1.24. The summed E-state index contributed by atoms with van der Waals surface area (Å²) in [6, 6.07) is 7.24. The van der Waals surface area contributed by atoms with Crippen molar-refractivity contribution in [3.8, 4) is 5.75 Å². The molecule has 0 heterocycles. The fourth-order valence-corrected chi connectivity index (χ4v) is 2.25. The van der Waals surface area contributed by atoms with Crippen molar-refractivity contribution in [2.24, 2.45) is 5.73 Å². The third-order valence-corrected chi connectivity index (χ3v) is 3.88. The minimum absolute atomic E-state index is 0.159. The Morgan fingerprint density at radius 2 is 1.90 bits per heavy atom. The van der Waals surface area contributed by atoms with E-state index in [1.807, 2.05) is 36.2 Å². The molecule has 1 aromatic rings. The van der Waals surface area contributed by atoms with E-state index in [9.17, 15) is 8.42 Å². The second-order valence-corrected chi connectivity index (χ2v) is 7.37. The molecule has 0 radical (unpaired) electrons. The Bertz CT molecular complexity index is 541. The van der Waals surface area contributed by atoms with E-state index in [2.05, 4.69) is 0 Å². The van der Waals surface area contributed by atoms with Crippen LogP contribution in [0.15, 0.2) is 24.3 Å². The summed E-state index contributed by atoms with van der Waals surface area (Å²) in [5.41, 5.74) is 6.31. The van der Waals surface area contributed by atoms with Crippen molar-refractivity contribution in [2.75, 3.05) is 38.8 Å². The first-order chi connectivity index (χ1) is 9.28. The van der Waals surface area contributed by atoms with Crippen LogP contribution in [0, 0.1) is 0 Å². The molecular weight excluding hydrogens is 296 g/mol. The lowest BCUT2D eigenvalue weighted by molar-refractivity contribution is 0.244. The smallest absolute Gasteiger partial charge is 0.148 e. The number of likely N-dealkylation sites (N-methyl/N-ethyl adjacent to an activating group) is 1. The first-order valence-electron chi connectivity index (χ1n) is 6.17. The monoisotopic (exact) mass is 316 g/mol. The Morgan fingerprint density at radius 3 is 2.40 bits per heavy atom. The van der Waals surface area contributed by atoms with Gasteiger partial charge in [0.2, 0.25) is 0 Å². The van der Waals surface area contributed by atoms with E-state index >= 15 is 0 Å². The van der Waals surface area contributed by atoms with Crippen molar-refractivity contribution in [1.29, 1.82) is 0 Å².